The van der Waals surface area contributed by atoms with E-state index in [9.17, 15) is 19.7 Å². The molecule has 1 N–H and O–H groups in total. The molecule has 0 fully saturated rings. The van der Waals surface area contributed by atoms with Gasteiger partial charge in [-0.1, -0.05) is 12.1 Å². The van der Waals surface area contributed by atoms with Gasteiger partial charge in [0.25, 0.3) is 11.6 Å². The highest BCUT2D eigenvalue weighted by atomic mass is 32.2. The quantitative estimate of drug-likeness (QED) is 0.358. The molecule has 0 bridgehead atoms. The zero-order chi connectivity index (χ0) is 21.1. The van der Waals surface area contributed by atoms with Gasteiger partial charge in [0.2, 0.25) is 11.8 Å². The lowest BCUT2D eigenvalue weighted by molar-refractivity contribution is -0.384. The van der Waals surface area contributed by atoms with Crippen LogP contribution in [0, 0.1) is 10.1 Å². The fourth-order valence-electron chi connectivity index (χ4n) is 2.73. The largest absolute Gasteiger partial charge is 0.456 e. The number of hydrogen-bond acceptors (Lipinski definition) is 9. The maximum atomic E-state index is 12.2. The van der Waals surface area contributed by atoms with Gasteiger partial charge >= 0.3 is 5.97 Å². The van der Waals surface area contributed by atoms with Crippen LogP contribution in [0.25, 0.3) is 11.5 Å². The molecule has 4 rings (SSSR count). The van der Waals surface area contributed by atoms with Gasteiger partial charge in [-0.2, -0.15) is 0 Å². The molecule has 152 valence electrons. The summed E-state index contributed by atoms with van der Waals surface area (Å²) in [4.78, 5) is 35.4. The van der Waals surface area contributed by atoms with Crippen molar-refractivity contribution in [3.8, 4) is 11.5 Å². The molecule has 10 nitrogen and oxygen atoms in total. The number of anilines is 1. The van der Waals surface area contributed by atoms with Crippen molar-refractivity contribution >= 4 is 35.0 Å². The summed E-state index contributed by atoms with van der Waals surface area (Å²) >= 11 is 1.31. The summed E-state index contributed by atoms with van der Waals surface area (Å²) in [6.07, 6.45) is -0.103. The molecular weight excluding hydrogens is 412 g/mol. The first-order valence-electron chi connectivity index (χ1n) is 8.79. The van der Waals surface area contributed by atoms with E-state index >= 15 is 0 Å². The van der Waals surface area contributed by atoms with Gasteiger partial charge in [-0.05, 0) is 24.3 Å². The number of carbonyl (C=O) groups is 2. The Morgan fingerprint density at radius 1 is 1.20 bits per heavy atom. The number of fused-ring (bicyclic) bond motifs is 1. The highest BCUT2D eigenvalue weighted by Crippen LogP contribution is 2.36. The van der Waals surface area contributed by atoms with Crippen molar-refractivity contribution in [2.24, 2.45) is 0 Å². The number of para-hydroxylation sites is 1. The molecule has 11 heteroatoms. The van der Waals surface area contributed by atoms with Gasteiger partial charge in [-0.25, -0.2) is 0 Å². The van der Waals surface area contributed by atoms with Gasteiger partial charge in [0.15, 0.2) is 6.61 Å². The molecule has 0 saturated heterocycles. The van der Waals surface area contributed by atoms with Crippen LogP contribution in [0.4, 0.5) is 11.4 Å². The van der Waals surface area contributed by atoms with Gasteiger partial charge in [0, 0.05) is 22.6 Å². The molecular formula is C19H14N4O6S. The number of thioether (sulfide) groups is 1. The van der Waals surface area contributed by atoms with E-state index in [4.69, 9.17) is 9.15 Å². The van der Waals surface area contributed by atoms with E-state index in [-0.39, 0.29) is 36.4 Å². The maximum absolute atomic E-state index is 12.2. The Bertz CT molecular complexity index is 1110. The third kappa shape index (κ3) is 4.30. The smallest absolute Gasteiger partial charge is 0.307 e. The molecule has 30 heavy (non-hydrogen) atoms. The molecule has 0 spiro atoms. The van der Waals surface area contributed by atoms with Crippen LogP contribution in [-0.4, -0.2) is 32.2 Å². The number of nitrogens with one attached hydrogen (secondary N) is 1. The van der Waals surface area contributed by atoms with Crippen LogP contribution in [0.2, 0.25) is 0 Å². The summed E-state index contributed by atoms with van der Waals surface area (Å²) in [5.41, 5.74) is 1.17. The summed E-state index contributed by atoms with van der Waals surface area (Å²) in [7, 11) is 0. The van der Waals surface area contributed by atoms with Crippen molar-refractivity contribution < 1.29 is 23.7 Å². The van der Waals surface area contributed by atoms with Crippen LogP contribution in [0.1, 0.15) is 12.3 Å². The van der Waals surface area contributed by atoms with E-state index in [0.717, 1.165) is 10.6 Å². The van der Waals surface area contributed by atoms with Crippen molar-refractivity contribution in [1.82, 2.24) is 10.2 Å². The first-order chi connectivity index (χ1) is 14.5. The minimum absolute atomic E-state index is 0.0559. The third-order valence-corrected chi connectivity index (χ3v) is 5.48. The minimum Gasteiger partial charge on any atom is -0.456 e. The zero-order valence-electron chi connectivity index (χ0n) is 15.3. The lowest BCUT2D eigenvalue weighted by Gasteiger charge is -2.23. The lowest BCUT2D eigenvalue weighted by atomic mass is 10.2. The SMILES string of the molecule is O=C(CC1Sc2ccccc2NC1=O)OCc1nnc(-c2ccc([N+](=O)[O-])cc2)o1. The second-order valence-electron chi connectivity index (χ2n) is 6.26. The van der Waals surface area contributed by atoms with Gasteiger partial charge in [0.05, 0.1) is 22.3 Å². The Balaban J connectivity index is 1.32. The lowest BCUT2D eigenvalue weighted by Crippen LogP contribution is -2.31. The van der Waals surface area contributed by atoms with Crippen LogP contribution < -0.4 is 5.32 Å². The summed E-state index contributed by atoms with van der Waals surface area (Å²) in [6.45, 7) is -0.242. The van der Waals surface area contributed by atoms with E-state index in [1.54, 1.807) is 6.07 Å². The first-order valence-corrected chi connectivity index (χ1v) is 9.67. The molecule has 2 aromatic carbocycles. The Morgan fingerprint density at radius 3 is 2.73 bits per heavy atom. The number of benzene rings is 2. The number of amides is 1. The summed E-state index contributed by atoms with van der Waals surface area (Å²) in [5.74, 6) is -0.608. The van der Waals surface area contributed by atoms with Crippen molar-refractivity contribution in [3.63, 3.8) is 0 Å². The summed E-state index contributed by atoms with van der Waals surface area (Å²) < 4.78 is 10.6. The predicted molar refractivity (Wildman–Crippen MR) is 106 cm³/mol. The molecule has 0 saturated carbocycles. The normalized spacial score (nSPS) is 15.2. The Labute approximate surface area is 173 Å². The summed E-state index contributed by atoms with van der Waals surface area (Å²) in [5, 5.41) is 20.5. The minimum atomic E-state index is -0.592. The highest BCUT2D eigenvalue weighted by Gasteiger charge is 2.29. The topological polar surface area (TPSA) is 137 Å². The van der Waals surface area contributed by atoms with E-state index in [1.165, 1.54) is 36.0 Å². The van der Waals surface area contributed by atoms with Crippen LogP contribution >= 0.6 is 11.8 Å². The van der Waals surface area contributed by atoms with E-state index < -0.39 is 16.1 Å². The third-order valence-electron chi connectivity index (χ3n) is 4.21. The molecule has 1 unspecified atom stereocenters. The number of nitrogens with zero attached hydrogens (tertiary/aromatic N) is 3. The fraction of sp³-hybridized carbons (Fsp3) is 0.158. The van der Waals surface area contributed by atoms with Crippen LogP contribution in [0.3, 0.4) is 0 Å². The number of hydrogen-bond donors (Lipinski definition) is 1. The van der Waals surface area contributed by atoms with Crippen LogP contribution in [-0.2, 0) is 20.9 Å². The Morgan fingerprint density at radius 2 is 1.97 bits per heavy atom. The number of rotatable bonds is 6. The number of ether oxygens (including phenoxy) is 1. The molecule has 1 amide bonds. The maximum Gasteiger partial charge on any atom is 0.307 e. The van der Waals surface area contributed by atoms with Crippen molar-refractivity contribution in [2.45, 2.75) is 23.2 Å². The molecule has 0 radical (unpaired) electrons. The number of esters is 1. The molecule has 1 aliphatic heterocycles. The monoisotopic (exact) mass is 426 g/mol. The Hall–Kier alpha value is -3.73. The zero-order valence-corrected chi connectivity index (χ0v) is 16.1. The molecule has 2 heterocycles. The molecule has 1 aromatic heterocycles. The molecule has 1 atom stereocenters. The Kier molecular flexibility index (Phi) is 5.44. The van der Waals surface area contributed by atoms with E-state index in [0.29, 0.717) is 5.56 Å². The number of aromatic nitrogens is 2. The van der Waals surface area contributed by atoms with Gasteiger partial charge in [-0.3, -0.25) is 19.7 Å². The highest BCUT2D eigenvalue weighted by molar-refractivity contribution is 8.01. The van der Waals surface area contributed by atoms with Crippen molar-refractivity contribution in [2.75, 3.05) is 5.32 Å². The van der Waals surface area contributed by atoms with Gasteiger partial charge in [-0.15, -0.1) is 22.0 Å². The first kappa shape index (κ1) is 19.6. The second kappa shape index (κ2) is 8.33. The molecule has 1 aliphatic rings. The number of nitro benzene ring substituents is 1. The number of nitro groups is 1. The summed E-state index contributed by atoms with van der Waals surface area (Å²) in [6, 6.07) is 13.0. The average Bonchev–Trinajstić information content (AvgIpc) is 3.22. The predicted octanol–water partition coefficient (Wildman–Crippen LogP) is 3.19. The van der Waals surface area contributed by atoms with Crippen LogP contribution in [0.15, 0.2) is 57.8 Å². The van der Waals surface area contributed by atoms with Crippen molar-refractivity contribution in [3.05, 3.63) is 64.5 Å². The van der Waals surface area contributed by atoms with Gasteiger partial charge in [0.1, 0.15) is 0 Å². The van der Waals surface area contributed by atoms with E-state index in [1.807, 2.05) is 18.2 Å². The van der Waals surface area contributed by atoms with Crippen molar-refractivity contribution in [1.29, 1.82) is 0 Å². The number of carbonyl (C=O) groups excluding carboxylic acids is 2. The fourth-order valence-corrected chi connectivity index (χ4v) is 3.83. The molecule has 0 aliphatic carbocycles. The average molecular weight is 426 g/mol. The second-order valence-corrected chi connectivity index (χ2v) is 7.51. The van der Waals surface area contributed by atoms with E-state index in [2.05, 4.69) is 15.5 Å². The standard InChI is InChI=1S/C19H14N4O6S/c24-17(9-15-18(25)20-13-3-1-2-4-14(13)30-15)28-10-16-21-22-19(29-16)11-5-7-12(8-6-11)23(26)27/h1-8,15H,9-10H2,(H,20,25). The van der Waals surface area contributed by atoms with Gasteiger partial charge < -0.3 is 14.5 Å². The van der Waals surface area contributed by atoms with Crippen LogP contribution in [0.5, 0.6) is 0 Å². The molecule has 3 aromatic rings. The number of non-ortho nitro benzene ring substituents is 1.